The van der Waals surface area contributed by atoms with Crippen LogP contribution in [0.5, 0.6) is 0 Å². The van der Waals surface area contributed by atoms with Crippen LogP contribution in [0.2, 0.25) is 0 Å². The zero-order valence-electron chi connectivity index (χ0n) is 11.8. The van der Waals surface area contributed by atoms with Gasteiger partial charge in [0.15, 0.2) is 0 Å². The lowest BCUT2D eigenvalue weighted by atomic mass is 9.88. The molecule has 0 saturated carbocycles. The fraction of sp³-hybridized carbons (Fsp3) is 0.786. The van der Waals surface area contributed by atoms with Crippen LogP contribution < -0.4 is 5.73 Å². The molecule has 4 nitrogen and oxygen atoms in total. The molecule has 0 bridgehead atoms. The molecule has 0 radical (unpaired) electrons. The third kappa shape index (κ3) is 2.75. The highest BCUT2D eigenvalue weighted by atomic mass is 16.5. The highest BCUT2D eigenvalue weighted by Crippen LogP contribution is 2.27. The summed E-state index contributed by atoms with van der Waals surface area (Å²) >= 11 is 0. The molecule has 0 spiro atoms. The van der Waals surface area contributed by atoms with E-state index in [4.69, 9.17) is 10.3 Å². The third-order valence-corrected chi connectivity index (χ3v) is 4.34. The van der Waals surface area contributed by atoms with Gasteiger partial charge in [-0.2, -0.15) is 0 Å². The van der Waals surface area contributed by atoms with Crippen LogP contribution in [0.15, 0.2) is 4.52 Å². The molecule has 2 atom stereocenters. The summed E-state index contributed by atoms with van der Waals surface area (Å²) in [6.07, 6.45) is 3.79. The van der Waals surface area contributed by atoms with Gasteiger partial charge in [-0.25, -0.2) is 0 Å². The summed E-state index contributed by atoms with van der Waals surface area (Å²) in [6.45, 7) is 9.11. The summed E-state index contributed by atoms with van der Waals surface area (Å²) in [7, 11) is 0. The minimum atomic E-state index is 0.511. The molecule has 0 aliphatic carbocycles. The predicted octanol–water partition coefficient (Wildman–Crippen LogP) is 2.24. The molecule has 2 N–H and O–H groups in total. The minimum Gasteiger partial charge on any atom is -0.361 e. The molecule has 18 heavy (non-hydrogen) atoms. The van der Waals surface area contributed by atoms with Gasteiger partial charge in [0.05, 0.1) is 5.69 Å². The number of likely N-dealkylation sites (tertiary alicyclic amines) is 1. The van der Waals surface area contributed by atoms with Gasteiger partial charge in [0.2, 0.25) is 0 Å². The number of nitrogens with zero attached hydrogens (tertiary/aromatic N) is 2. The number of piperidine rings is 1. The number of nitrogens with two attached hydrogens (primary N) is 1. The number of aryl methyl sites for hydroxylation is 2. The van der Waals surface area contributed by atoms with Crippen LogP contribution in [0.25, 0.3) is 0 Å². The van der Waals surface area contributed by atoms with Gasteiger partial charge in [-0.1, -0.05) is 18.5 Å². The molecule has 2 unspecified atom stereocenters. The van der Waals surface area contributed by atoms with E-state index in [9.17, 15) is 0 Å². The van der Waals surface area contributed by atoms with Crippen molar-refractivity contribution in [1.82, 2.24) is 10.1 Å². The highest BCUT2D eigenvalue weighted by Gasteiger charge is 2.27. The van der Waals surface area contributed by atoms with Crippen molar-refractivity contribution in [2.75, 3.05) is 13.1 Å². The first-order valence-corrected chi connectivity index (χ1v) is 7.01. The molecule has 2 heterocycles. The zero-order valence-corrected chi connectivity index (χ0v) is 11.8. The van der Waals surface area contributed by atoms with Crippen molar-refractivity contribution < 1.29 is 4.52 Å². The van der Waals surface area contributed by atoms with E-state index in [1.165, 1.54) is 24.8 Å². The van der Waals surface area contributed by atoms with E-state index >= 15 is 0 Å². The normalized spacial score (nSPS) is 25.6. The van der Waals surface area contributed by atoms with Crippen LogP contribution in [0.3, 0.4) is 0 Å². The number of rotatable bonds is 4. The fourth-order valence-corrected chi connectivity index (χ4v) is 2.94. The Hall–Kier alpha value is -0.870. The van der Waals surface area contributed by atoms with E-state index in [1.54, 1.807) is 0 Å². The third-order valence-electron chi connectivity index (χ3n) is 4.34. The molecule has 1 aromatic heterocycles. The first-order valence-electron chi connectivity index (χ1n) is 7.01. The maximum atomic E-state index is 5.93. The van der Waals surface area contributed by atoms with Gasteiger partial charge in [-0.3, -0.25) is 4.90 Å². The molecule has 1 aromatic rings. The van der Waals surface area contributed by atoms with Gasteiger partial charge < -0.3 is 10.3 Å². The van der Waals surface area contributed by atoms with Gasteiger partial charge in [-0.15, -0.1) is 0 Å². The Morgan fingerprint density at radius 2 is 2.22 bits per heavy atom. The largest absolute Gasteiger partial charge is 0.361 e. The molecule has 0 amide bonds. The monoisotopic (exact) mass is 251 g/mol. The number of hydrogen-bond donors (Lipinski definition) is 1. The van der Waals surface area contributed by atoms with E-state index < -0.39 is 0 Å². The average molecular weight is 251 g/mol. The quantitative estimate of drug-likeness (QED) is 0.891. The number of aromatic nitrogens is 1. The zero-order chi connectivity index (χ0) is 13.1. The first-order chi connectivity index (χ1) is 8.65. The van der Waals surface area contributed by atoms with E-state index in [-0.39, 0.29) is 0 Å². The van der Waals surface area contributed by atoms with Crippen LogP contribution >= 0.6 is 0 Å². The predicted molar refractivity (Wildman–Crippen MR) is 72.2 cm³/mol. The second kappa shape index (κ2) is 5.85. The van der Waals surface area contributed by atoms with Crippen LogP contribution in [0.4, 0.5) is 0 Å². The van der Waals surface area contributed by atoms with Gasteiger partial charge in [0, 0.05) is 24.7 Å². The molecule has 1 aliphatic heterocycles. The van der Waals surface area contributed by atoms with Gasteiger partial charge in [-0.05, 0) is 39.2 Å². The maximum absolute atomic E-state index is 5.93. The fourth-order valence-electron chi connectivity index (χ4n) is 2.94. The lowest BCUT2D eigenvalue weighted by Gasteiger charge is -2.38. The average Bonchev–Trinajstić information content (AvgIpc) is 2.71. The topological polar surface area (TPSA) is 55.3 Å². The molecule has 1 saturated heterocycles. The van der Waals surface area contributed by atoms with Crippen molar-refractivity contribution in [3.63, 3.8) is 0 Å². The van der Waals surface area contributed by atoms with Crippen molar-refractivity contribution in [3.05, 3.63) is 17.0 Å². The summed E-state index contributed by atoms with van der Waals surface area (Å²) < 4.78 is 5.24. The molecular weight excluding hydrogens is 226 g/mol. The molecule has 2 rings (SSSR count). The summed E-state index contributed by atoms with van der Waals surface area (Å²) in [6, 6.07) is 0.511. The Labute approximate surface area is 110 Å². The van der Waals surface area contributed by atoms with Gasteiger partial charge in [0.25, 0.3) is 0 Å². The van der Waals surface area contributed by atoms with Crippen molar-refractivity contribution in [2.45, 2.75) is 52.6 Å². The minimum absolute atomic E-state index is 0.511. The second-order valence-corrected chi connectivity index (χ2v) is 5.46. The Morgan fingerprint density at radius 1 is 1.44 bits per heavy atom. The molecule has 0 aromatic carbocycles. The van der Waals surface area contributed by atoms with Crippen molar-refractivity contribution in [1.29, 1.82) is 0 Å². The van der Waals surface area contributed by atoms with Crippen LogP contribution in [0.1, 0.15) is 43.2 Å². The van der Waals surface area contributed by atoms with E-state index in [0.717, 1.165) is 37.0 Å². The Kier molecular flexibility index (Phi) is 4.40. The molecular formula is C14H25N3O. The smallest absolute Gasteiger partial charge is 0.138 e. The highest BCUT2D eigenvalue weighted by molar-refractivity contribution is 5.20. The lowest BCUT2D eigenvalue weighted by Crippen LogP contribution is -2.46. The molecule has 1 fully saturated rings. The standard InChI is InChI=1S/C14H25N3O/c1-4-12-5-6-17(13(7-12)8-15)9-14-10(2)16-18-11(14)3/h12-13H,4-9,15H2,1-3H3. The van der Waals surface area contributed by atoms with E-state index in [2.05, 4.69) is 17.0 Å². The molecule has 4 heteroatoms. The van der Waals surface area contributed by atoms with Gasteiger partial charge >= 0.3 is 0 Å². The Bertz CT molecular complexity index is 369. The number of hydrogen-bond acceptors (Lipinski definition) is 4. The first kappa shape index (κ1) is 13.6. The lowest BCUT2D eigenvalue weighted by molar-refractivity contribution is 0.107. The summed E-state index contributed by atoms with van der Waals surface area (Å²) in [5.41, 5.74) is 8.19. The van der Waals surface area contributed by atoms with Crippen LogP contribution in [0, 0.1) is 19.8 Å². The maximum Gasteiger partial charge on any atom is 0.138 e. The van der Waals surface area contributed by atoms with Crippen LogP contribution in [-0.2, 0) is 6.54 Å². The summed E-state index contributed by atoms with van der Waals surface area (Å²) in [5, 5.41) is 4.03. The van der Waals surface area contributed by atoms with Crippen molar-refractivity contribution in [2.24, 2.45) is 11.7 Å². The van der Waals surface area contributed by atoms with Crippen molar-refractivity contribution >= 4 is 0 Å². The SMILES string of the molecule is CCC1CCN(Cc2c(C)noc2C)C(CN)C1. The molecule has 102 valence electrons. The van der Waals surface area contributed by atoms with Gasteiger partial charge in [0.1, 0.15) is 5.76 Å². The van der Waals surface area contributed by atoms with Crippen LogP contribution in [-0.4, -0.2) is 29.2 Å². The van der Waals surface area contributed by atoms with E-state index in [0.29, 0.717) is 6.04 Å². The summed E-state index contributed by atoms with van der Waals surface area (Å²) in [5.74, 6) is 1.79. The molecule has 1 aliphatic rings. The summed E-state index contributed by atoms with van der Waals surface area (Å²) in [4.78, 5) is 2.50. The van der Waals surface area contributed by atoms with E-state index in [1.807, 2.05) is 13.8 Å². The Morgan fingerprint density at radius 3 is 2.78 bits per heavy atom. The Balaban J connectivity index is 2.04. The van der Waals surface area contributed by atoms with Crippen molar-refractivity contribution in [3.8, 4) is 0 Å². The second-order valence-electron chi connectivity index (χ2n) is 5.46.